The van der Waals surface area contributed by atoms with Gasteiger partial charge in [0.25, 0.3) is 5.91 Å². The lowest BCUT2D eigenvalue weighted by Crippen LogP contribution is -2.41. The molecule has 0 aliphatic carbocycles. The van der Waals surface area contributed by atoms with E-state index in [1.807, 2.05) is 13.8 Å². The van der Waals surface area contributed by atoms with Gasteiger partial charge in [-0.15, -0.1) is 0 Å². The first kappa shape index (κ1) is 11.6. The summed E-state index contributed by atoms with van der Waals surface area (Å²) in [5.74, 6) is 0.0221. The summed E-state index contributed by atoms with van der Waals surface area (Å²) in [5, 5.41) is 5.55. The molecule has 0 spiro atoms. The van der Waals surface area contributed by atoms with Crippen LogP contribution in [-0.2, 0) is 4.79 Å². The highest BCUT2D eigenvalue weighted by Crippen LogP contribution is 2.19. The van der Waals surface area contributed by atoms with E-state index in [4.69, 9.17) is 0 Å². The van der Waals surface area contributed by atoms with Crippen molar-refractivity contribution in [3.63, 3.8) is 0 Å². The highest BCUT2D eigenvalue weighted by molar-refractivity contribution is 6.09. The van der Waals surface area contributed by atoms with Crippen LogP contribution in [0.4, 0.5) is 5.69 Å². The zero-order valence-electron chi connectivity index (χ0n) is 9.99. The topological polar surface area (TPSA) is 58.2 Å². The van der Waals surface area contributed by atoms with E-state index < -0.39 is 6.04 Å². The second kappa shape index (κ2) is 4.57. The number of amides is 2. The van der Waals surface area contributed by atoms with E-state index in [-0.39, 0.29) is 11.8 Å². The molecule has 4 heteroatoms. The van der Waals surface area contributed by atoms with Crippen molar-refractivity contribution in [3.05, 3.63) is 29.8 Å². The lowest BCUT2D eigenvalue weighted by atomic mass is 10.0. The molecule has 1 aliphatic heterocycles. The summed E-state index contributed by atoms with van der Waals surface area (Å²) in [7, 11) is 0. The number of anilines is 1. The number of hydrogen-bond donors (Lipinski definition) is 2. The molecule has 1 heterocycles. The minimum atomic E-state index is -0.449. The Morgan fingerprint density at radius 1 is 1.24 bits per heavy atom. The predicted molar refractivity (Wildman–Crippen MR) is 65.8 cm³/mol. The second-order valence-electron chi connectivity index (χ2n) is 4.69. The second-order valence-corrected chi connectivity index (χ2v) is 4.69. The van der Waals surface area contributed by atoms with Crippen molar-refractivity contribution in [1.82, 2.24) is 5.32 Å². The number of fused-ring (bicyclic) bond motifs is 1. The van der Waals surface area contributed by atoms with Crippen LogP contribution in [0, 0.1) is 5.92 Å². The number of nitrogens with one attached hydrogen (secondary N) is 2. The Labute approximate surface area is 100 Å². The van der Waals surface area contributed by atoms with Gasteiger partial charge in [-0.25, -0.2) is 0 Å². The van der Waals surface area contributed by atoms with Gasteiger partial charge in [-0.3, -0.25) is 9.59 Å². The first-order valence-electron chi connectivity index (χ1n) is 5.78. The van der Waals surface area contributed by atoms with Crippen LogP contribution in [-0.4, -0.2) is 17.9 Å². The van der Waals surface area contributed by atoms with Gasteiger partial charge in [-0.05, 0) is 24.5 Å². The first-order chi connectivity index (χ1) is 8.08. The summed E-state index contributed by atoms with van der Waals surface area (Å²) in [5.41, 5.74) is 1.10. The molecule has 0 fully saturated rings. The zero-order valence-corrected chi connectivity index (χ0v) is 9.99. The minimum Gasteiger partial charge on any atom is -0.340 e. The molecule has 0 radical (unpaired) electrons. The highest BCUT2D eigenvalue weighted by Gasteiger charge is 2.27. The maximum absolute atomic E-state index is 11.9. The monoisotopic (exact) mass is 232 g/mol. The van der Waals surface area contributed by atoms with Crippen LogP contribution in [0.2, 0.25) is 0 Å². The molecule has 0 saturated heterocycles. The Balaban J connectivity index is 2.28. The van der Waals surface area contributed by atoms with Crippen LogP contribution in [0.15, 0.2) is 24.3 Å². The van der Waals surface area contributed by atoms with Crippen molar-refractivity contribution in [2.75, 3.05) is 5.32 Å². The Kier molecular flexibility index (Phi) is 3.13. The van der Waals surface area contributed by atoms with Gasteiger partial charge in [-0.1, -0.05) is 26.0 Å². The molecule has 4 nitrogen and oxygen atoms in total. The van der Waals surface area contributed by atoms with Crippen LogP contribution < -0.4 is 10.6 Å². The fraction of sp³-hybridized carbons (Fsp3) is 0.385. The van der Waals surface area contributed by atoms with Crippen LogP contribution in [0.1, 0.15) is 30.6 Å². The van der Waals surface area contributed by atoms with E-state index in [9.17, 15) is 9.59 Å². The molecule has 1 aromatic rings. The number of hydrogen-bond acceptors (Lipinski definition) is 2. The largest absolute Gasteiger partial charge is 0.340 e. The summed E-state index contributed by atoms with van der Waals surface area (Å²) in [6.45, 7) is 4.05. The number of para-hydroxylation sites is 1. The van der Waals surface area contributed by atoms with Gasteiger partial charge >= 0.3 is 0 Å². The molecule has 0 saturated carbocycles. The zero-order chi connectivity index (χ0) is 12.4. The summed E-state index contributed by atoms with van der Waals surface area (Å²) in [6.07, 6.45) is 0.644. The average molecular weight is 232 g/mol. The van der Waals surface area contributed by atoms with E-state index in [0.717, 1.165) is 0 Å². The Hall–Kier alpha value is -1.84. The van der Waals surface area contributed by atoms with Crippen LogP contribution in [0.3, 0.4) is 0 Å². The van der Waals surface area contributed by atoms with Gasteiger partial charge < -0.3 is 10.6 Å². The normalized spacial score (nSPS) is 19.4. The Morgan fingerprint density at radius 2 is 1.94 bits per heavy atom. The Morgan fingerprint density at radius 3 is 2.65 bits per heavy atom. The number of carbonyl (C=O) groups excluding carboxylic acids is 2. The first-order valence-corrected chi connectivity index (χ1v) is 5.78. The summed E-state index contributed by atoms with van der Waals surface area (Å²) in [4.78, 5) is 23.9. The third kappa shape index (κ3) is 2.46. The molecule has 2 N–H and O–H groups in total. The van der Waals surface area contributed by atoms with Crippen LogP contribution in [0.25, 0.3) is 0 Å². The molecule has 1 aliphatic rings. The number of benzene rings is 1. The maximum atomic E-state index is 11.9. The van der Waals surface area contributed by atoms with Crippen molar-refractivity contribution in [2.45, 2.75) is 26.3 Å². The third-order valence-corrected chi connectivity index (χ3v) is 2.76. The average Bonchev–Trinajstić information content (AvgIpc) is 2.38. The molecule has 0 aromatic heterocycles. The Bertz CT molecular complexity index is 454. The molecule has 17 heavy (non-hydrogen) atoms. The fourth-order valence-electron chi connectivity index (χ4n) is 1.95. The summed E-state index contributed by atoms with van der Waals surface area (Å²) in [6, 6.07) is 6.59. The molecule has 2 amide bonds. The van der Waals surface area contributed by atoms with Crippen molar-refractivity contribution < 1.29 is 9.59 Å². The van der Waals surface area contributed by atoms with Gasteiger partial charge in [0.2, 0.25) is 5.91 Å². The lowest BCUT2D eigenvalue weighted by molar-refractivity contribution is -0.118. The molecular formula is C13H16N2O2. The van der Waals surface area contributed by atoms with Crippen molar-refractivity contribution in [3.8, 4) is 0 Å². The van der Waals surface area contributed by atoms with Gasteiger partial charge in [0.1, 0.15) is 6.04 Å². The van der Waals surface area contributed by atoms with Crippen LogP contribution in [0.5, 0.6) is 0 Å². The minimum absolute atomic E-state index is 0.142. The van der Waals surface area contributed by atoms with Gasteiger partial charge in [0, 0.05) is 0 Å². The molecule has 0 unspecified atom stereocenters. The number of carbonyl (C=O) groups is 2. The smallest absolute Gasteiger partial charge is 0.254 e. The van der Waals surface area contributed by atoms with Crippen molar-refractivity contribution in [2.24, 2.45) is 5.92 Å². The quantitative estimate of drug-likeness (QED) is 0.816. The third-order valence-electron chi connectivity index (χ3n) is 2.76. The van der Waals surface area contributed by atoms with Crippen molar-refractivity contribution >= 4 is 17.5 Å². The molecule has 90 valence electrons. The molecule has 1 atom stereocenters. The molecule has 0 bridgehead atoms. The van der Waals surface area contributed by atoms with E-state index in [1.54, 1.807) is 24.3 Å². The van der Waals surface area contributed by atoms with Gasteiger partial charge in [0.15, 0.2) is 0 Å². The molecular weight excluding hydrogens is 216 g/mol. The highest BCUT2D eigenvalue weighted by atomic mass is 16.2. The maximum Gasteiger partial charge on any atom is 0.254 e. The predicted octanol–water partition coefficient (Wildman–Crippen LogP) is 1.78. The van der Waals surface area contributed by atoms with Crippen molar-refractivity contribution in [1.29, 1.82) is 0 Å². The van der Waals surface area contributed by atoms with Gasteiger partial charge in [-0.2, -0.15) is 0 Å². The van der Waals surface area contributed by atoms with Crippen LogP contribution >= 0.6 is 0 Å². The SMILES string of the molecule is CC(C)C[C@H]1NC(=O)c2ccccc2NC1=O. The molecule has 2 rings (SSSR count). The molecule has 1 aromatic carbocycles. The lowest BCUT2D eigenvalue weighted by Gasteiger charge is -2.16. The van der Waals surface area contributed by atoms with E-state index in [2.05, 4.69) is 10.6 Å². The van der Waals surface area contributed by atoms with E-state index in [0.29, 0.717) is 23.6 Å². The van der Waals surface area contributed by atoms with E-state index in [1.165, 1.54) is 0 Å². The van der Waals surface area contributed by atoms with E-state index >= 15 is 0 Å². The summed E-state index contributed by atoms with van der Waals surface area (Å²) < 4.78 is 0. The fourth-order valence-corrected chi connectivity index (χ4v) is 1.95. The standard InChI is InChI=1S/C13H16N2O2/c1-8(2)7-11-13(17)14-10-6-4-3-5-9(10)12(16)15-11/h3-6,8,11H,7H2,1-2H3,(H,14,17)(H,15,16)/t11-/m1/s1. The summed E-state index contributed by atoms with van der Waals surface area (Å²) >= 11 is 0. The number of rotatable bonds is 2. The van der Waals surface area contributed by atoms with Gasteiger partial charge in [0.05, 0.1) is 11.3 Å².